The molecule has 0 spiro atoms. The van der Waals surface area contributed by atoms with E-state index in [-0.39, 0.29) is 0 Å². The Morgan fingerprint density at radius 3 is 2.06 bits per heavy atom. The zero-order valence-electron chi connectivity index (χ0n) is 12.0. The average molecular weight is 241 g/mol. The van der Waals surface area contributed by atoms with Crippen molar-refractivity contribution in [1.82, 2.24) is 9.80 Å². The van der Waals surface area contributed by atoms with E-state index in [1.807, 2.05) is 0 Å². The Kier molecular flexibility index (Phi) is 7.09. The Morgan fingerprint density at radius 2 is 1.53 bits per heavy atom. The van der Waals surface area contributed by atoms with Crippen molar-refractivity contribution >= 4 is 0 Å². The highest BCUT2D eigenvalue weighted by Gasteiger charge is 2.16. The van der Waals surface area contributed by atoms with Gasteiger partial charge in [-0.3, -0.25) is 0 Å². The predicted octanol–water partition coefficient (Wildman–Crippen LogP) is 1.78. The van der Waals surface area contributed by atoms with Crippen LogP contribution in [0.25, 0.3) is 0 Å². The van der Waals surface area contributed by atoms with Crippen LogP contribution >= 0.6 is 0 Å². The first-order chi connectivity index (χ1) is 8.08. The van der Waals surface area contributed by atoms with Crippen LogP contribution in [0.1, 0.15) is 40.0 Å². The molecule has 1 saturated heterocycles. The van der Waals surface area contributed by atoms with E-state index in [9.17, 15) is 0 Å². The molecule has 102 valence electrons. The fourth-order valence-corrected chi connectivity index (χ4v) is 2.51. The van der Waals surface area contributed by atoms with E-state index in [0.717, 1.165) is 5.92 Å². The van der Waals surface area contributed by atoms with Gasteiger partial charge in [0.15, 0.2) is 0 Å². The molecule has 1 rings (SSSR count). The summed E-state index contributed by atoms with van der Waals surface area (Å²) in [6, 6.07) is 0.373. The zero-order valence-corrected chi connectivity index (χ0v) is 12.0. The van der Waals surface area contributed by atoms with Gasteiger partial charge in [-0.1, -0.05) is 20.3 Å². The molecule has 0 aromatic carbocycles. The average Bonchev–Trinajstić information content (AvgIpc) is 2.25. The summed E-state index contributed by atoms with van der Waals surface area (Å²) in [5.41, 5.74) is 5.76. The smallest absolute Gasteiger partial charge is 0.0110 e. The molecule has 2 N–H and O–H groups in total. The first-order valence-corrected chi connectivity index (χ1v) is 7.28. The van der Waals surface area contributed by atoms with Crippen LogP contribution < -0.4 is 5.73 Å². The molecular weight excluding hydrogens is 210 g/mol. The largest absolute Gasteiger partial charge is 0.328 e. The molecule has 0 radical (unpaired) electrons. The Morgan fingerprint density at radius 1 is 0.941 bits per heavy atom. The molecule has 0 bridgehead atoms. The lowest BCUT2D eigenvalue weighted by atomic mass is 10.1. The number of rotatable bonds is 7. The van der Waals surface area contributed by atoms with Crippen LogP contribution in [-0.2, 0) is 0 Å². The van der Waals surface area contributed by atoms with Crippen molar-refractivity contribution in [2.75, 3.05) is 39.3 Å². The second kappa shape index (κ2) is 8.06. The fraction of sp³-hybridized carbons (Fsp3) is 1.00. The van der Waals surface area contributed by atoms with E-state index in [4.69, 9.17) is 5.73 Å². The number of nitrogens with two attached hydrogens (primary N) is 1. The van der Waals surface area contributed by atoms with Gasteiger partial charge >= 0.3 is 0 Å². The summed E-state index contributed by atoms with van der Waals surface area (Å²) in [4.78, 5) is 5.21. The first kappa shape index (κ1) is 14.9. The molecule has 1 aliphatic heterocycles. The van der Waals surface area contributed by atoms with Gasteiger partial charge in [-0.05, 0) is 32.2 Å². The third-order valence-corrected chi connectivity index (χ3v) is 3.47. The highest BCUT2D eigenvalue weighted by Crippen LogP contribution is 2.07. The van der Waals surface area contributed by atoms with Crippen LogP contribution in [0, 0.1) is 5.92 Å². The van der Waals surface area contributed by atoms with Gasteiger partial charge in [0.05, 0.1) is 0 Å². The van der Waals surface area contributed by atoms with Crippen molar-refractivity contribution in [2.45, 2.75) is 46.1 Å². The van der Waals surface area contributed by atoms with E-state index in [1.54, 1.807) is 0 Å². The Labute approximate surface area is 107 Å². The Hall–Kier alpha value is -0.120. The molecular formula is C14H31N3. The summed E-state index contributed by atoms with van der Waals surface area (Å²) in [6.45, 7) is 14.3. The third kappa shape index (κ3) is 7.02. The van der Waals surface area contributed by atoms with Gasteiger partial charge in [0.2, 0.25) is 0 Å². The van der Waals surface area contributed by atoms with Crippen LogP contribution in [0.2, 0.25) is 0 Å². The molecule has 1 atom stereocenters. The second-order valence-electron chi connectivity index (χ2n) is 6.01. The lowest BCUT2D eigenvalue weighted by Crippen LogP contribution is -2.47. The Balaban J connectivity index is 2.03. The van der Waals surface area contributed by atoms with Crippen LogP contribution in [0.4, 0.5) is 0 Å². The maximum Gasteiger partial charge on any atom is 0.0110 e. The van der Waals surface area contributed by atoms with Gasteiger partial charge in [-0.15, -0.1) is 0 Å². The summed E-state index contributed by atoms with van der Waals surface area (Å²) in [5, 5.41) is 0. The molecule has 0 saturated carbocycles. The zero-order chi connectivity index (χ0) is 12.7. The first-order valence-electron chi connectivity index (χ1n) is 7.28. The summed E-state index contributed by atoms with van der Waals surface area (Å²) in [6.07, 6.45) is 3.77. The van der Waals surface area contributed by atoms with E-state index < -0.39 is 0 Å². The number of hydrogen-bond acceptors (Lipinski definition) is 3. The molecule has 1 heterocycles. The second-order valence-corrected chi connectivity index (χ2v) is 6.01. The molecule has 3 nitrogen and oxygen atoms in total. The van der Waals surface area contributed by atoms with Gasteiger partial charge in [-0.2, -0.15) is 0 Å². The van der Waals surface area contributed by atoms with Crippen LogP contribution in [0.5, 0.6) is 0 Å². The van der Waals surface area contributed by atoms with Gasteiger partial charge < -0.3 is 15.5 Å². The van der Waals surface area contributed by atoms with Crippen LogP contribution in [0.15, 0.2) is 0 Å². The summed E-state index contributed by atoms with van der Waals surface area (Å²) < 4.78 is 0. The van der Waals surface area contributed by atoms with E-state index >= 15 is 0 Å². The fourth-order valence-electron chi connectivity index (χ4n) is 2.51. The molecule has 1 fully saturated rings. The lowest BCUT2D eigenvalue weighted by molar-refractivity contribution is 0.121. The predicted molar refractivity (Wildman–Crippen MR) is 75.2 cm³/mol. The van der Waals surface area contributed by atoms with Gasteiger partial charge in [0, 0.05) is 38.8 Å². The SMILES string of the molecule is CC(C)CN1CCN(CCCCC(C)N)CC1. The van der Waals surface area contributed by atoms with Crippen LogP contribution in [0.3, 0.4) is 0 Å². The number of unbranched alkanes of at least 4 members (excludes halogenated alkanes) is 1. The number of nitrogens with zero attached hydrogens (tertiary/aromatic N) is 2. The maximum atomic E-state index is 5.76. The summed E-state index contributed by atoms with van der Waals surface area (Å²) >= 11 is 0. The van der Waals surface area contributed by atoms with Crippen molar-refractivity contribution in [2.24, 2.45) is 11.7 Å². The minimum atomic E-state index is 0.373. The molecule has 0 aromatic rings. The minimum absolute atomic E-state index is 0.373. The van der Waals surface area contributed by atoms with Crippen molar-refractivity contribution in [3.8, 4) is 0 Å². The lowest BCUT2D eigenvalue weighted by Gasteiger charge is -2.35. The van der Waals surface area contributed by atoms with Crippen molar-refractivity contribution in [3.05, 3.63) is 0 Å². The highest BCUT2D eigenvalue weighted by atomic mass is 15.3. The summed E-state index contributed by atoms with van der Waals surface area (Å²) in [7, 11) is 0. The third-order valence-electron chi connectivity index (χ3n) is 3.47. The van der Waals surface area contributed by atoms with Crippen LogP contribution in [-0.4, -0.2) is 55.1 Å². The van der Waals surface area contributed by atoms with Gasteiger partial charge in [0.25, 0.3) is 0 Å². The minimum Gasteiger partial charge on any atom is -0.328 e. The molecule has 17 heavy (non-hydrogen) atoms. The van der Waals surface area contributed by atoms with Crippen molar-refractivity contribution < 1.29 is 0 Å². The quantitative estimate of drug-likeness (QED) is 0.690. The molecule has 0 aliphatic carbocycles. The topological polar surface area (TPSA) is 32.5 Å². The highest BCUT2D eigenvalue weighted by molar-refractivity contribution is 4.72. The van der Waals surface area contributed by atoms with Crippen molar-refractivity contribution in [1.29, 1.82) is 0 Å². The van der Waals surface area contributed by atoms with E-state index in [1.165, 1.54) is 58.5 Å². The number of hydrogen-bond donors (Lipinski definition) is 1. The summed E-state index contributed by atoms with van der Waals surface area (Å²) in [5.74, 6) is 0.799. The maximum absolute atomic E-state index is 5.76. The van der Waals surface area contributed by atoms with Crippen molar-refractivity contribution in [3.63, 3.8) is 0 Å². The molecule has 1 unspecified atom stereocenters. The monoisotopic (exact) mass is 241 g/mol. The molecule has 0 amide bonds. The van der Waals surface area contributed by atoms with E-state index in [2.05, 4.69) is 30.6 Å². The normalized spacial score (nSPS) is 21.0. The van der Waals surface area contributed by atoms with Gasteiger partial charge in [-0.25, -0.2) is 0 Å². The van der Waals surface area contributed by atoms with Gasteiger partial charge in [0.1, 0.15) is 0 Å². The molecule has 3 heteroatoms. The standard InChI is InChI=1S/C14H31N3/c1-13(2)12-17-10-8-16(9-11-17)7-5-4-6-14(3)15/h13-14H,4-12,15H2,1-3H3. The molecule has 1 aliphatic rings. The van der Waals surface area contributed by atoms with E-state index in [0.29, 0.717) is 6.04 Å². The molecule has 0 aromatic heterocycles. The number of piperazine rings is 1. The Bertz CT molecular complexity index is 181.